The molecule has 0 aliphatic heterocycles. The van der Waals surface area contributed by atoms with Gasteiger partial charge in [-0.25, -0.2) is 13.1 Å². The fraction of sp³-hybridized carbons (Fsp3) is 1.00. The fourth-order valence-corrected chi connectivity index (χ4v) is 2.61. The molecule has 3 N–H and O–H groups in total. The lowest BCUT2D eigenvalue weighted by atomic mass is 10.1. The molecule has 1 rings (SSSR count). The van der Waals surface area contributed by atoms with Gasteiger partial charge in [-0.05, 0) is 25.3 Å². The van der Waals surface area contributed by atoms with E-state index < -0.39 is 10.0 Å². The van der Waals surface area contributed by atoms with Crippen molar-refractivity contribution < 1.29 is 8.42 Å². The lowest BCUT2D eigenvalue weighted by Gasteiger charge is -2.17. The molecular formula is C7H16N2O2S. The summed E-state index contributed by atoms with van der Waals surface area (Å²) in [6.45, 7) is 0.577. The molecule has 72 valence electrons. The van der Waals surface area contributed by atoms with Crippen molar-refractivity contribution in [3.8, 4) is 0 Å². The first-order valence-corrected chi connectivity index (χ1v) is 6.09. The molecule has 0 aromatic carbocycles. The highest BCUT2D eigenvalue weighted by Crippen LogP contribution is 2.24. The molecule has 1 aliphatic carbocycles. The van der Waals surface area contributed by atoms with Crippen LogP contribution in [-0.4, -0.2) is 27.3 Å². The van der Waals surface area contributed by atoms with Gasteiger partial charge < -0.3 is 5.73 Å². The molecule has 0 unspecified atom stereocenters. The van der Waals surface area contributed by atoms with E-state index in [1.165, 1.54) is 6.26 Å². The minimum atomic E-state index is -3.06. The Morgan fingerprint density at radius 2 is 2.17 bits per heavy atom. The van der Waals surface area contributed by atoms with Gasteiger partial charge in [-0.1, -0.05) is 6.42 Å². The van der Waals surface area contributed by atoms with Crippen LogP contribution in [0.1, 0.15) is 19.3 Å². The van der Waals surface area contributed by atoms with E-state index in [2.05, 4.69) is 4.72 Å². The predicted molar refractivity (Wildman–Crippen MR) is 48.2 cm³/mol. The standard InChI is InChI=1S/C7H16N2O2S/c1-12(10,11)9-7-4-2-3-6(7)5-8/h6-7,9H,2-5,8H2,1H3/t6-,7-/m0/s1. The normalized spacial score (nSPS) is 30.8. The van der Waals surface area contributed by atoms with E-state index in [-0.39, 0.29) is 6.04 Å². The Morgan fingerprint density at radius 3 is 2.67 bits per heavy atom. The van der Waals surface area contributed by atoms with Crippen LogP contribution < -0.4 is 10.5 Å². The number of hydrogen-bond acceptors (Lipinski definition) is 3. The molecule has 1 fully saturated rings. The zero-order chi connectivity index (χ0) is 9.19. The molecule has 5 heteroatoms. The van der Waals surface area contributed by atoms with Crippen LogP contribution in [0, 0.1) is 5.92 Å². The molecule has 2 atom stereocenters. The van der Waals surface area contributed by atoms with E-state index in [9.17, 15) is 8.42 Å². The number of hydrogen-bond donors (Lipinski definition) is 2. The first-order valence-electron chi connectivity index (χ1n) is 4.20. The van der Waals surface area contributed by atoms with Gasteiger partial charge in [0, 0.05) is 6.04 Å². The molecule has 0 saturated heterocycles. The van der Waals surface area contributed by atoms with E-state index in [4.69, 9.17) is 5.73 Å². The largest absolute Gasteiger partial charge is 0.330 e. The second kappa shape index (κ2) is 3.72. The van der Waals surface area contributed by atoms with E-state index in [1.807, 2.05) is 0 Å². The summed E-state index contributed by atoms with van der Waals surface area (Å²) in [4.78, 5) is 0. The summed E-state index contributed by atoms with van der Waals surface area (Å²) in [6.07, 6.45) is 4.24. The predicted octanol–water partition coefficient (Wildman–Crippen LogP) is -0.337. The first kappa shape index (κ1) is 9.95. The first-order chi connectivity index (χ1) is 5.53. The molecule has 0 radical (unpaired) electrons. The molecule has 0 amide bonds. The Hall–Kier alpha value is -0.130. The summed E-state index contributed by atoms with van der Waals surface area (Å²) < 4.78 is 24.4. The third-order valence-electron chi connectivity index (χ3n) is 2.33. The smallest absolute Gasteiger partial charge is 0.208 e. The molecule has 0 aromatic heterocycles. The van der Waals surface area contributed by atoms with Crippen LogP contribution in [0.4, 0.5) is 0 Å². The molecule has 1 saturated carbocycles. The van der Waals surface area contributed by atoms with E-state index in [0.717, 1.165) is 19.3 Å². The average Bonchev–Trinajstić information content (AvgIpc) is 2.31. The van der Waals surface area contributed by atoms with Gasteiger partial charge in [0.25, 0.3) is 0 Å². The van der Waals surface area contributed by atoms with Crippen molar-refractivity contribution >= 4 is 10.0 Å². The van der Waals surface area contributed by atoms with E-state index in [0.29, 0.717) is 12.5 Å². The van der Waals surface area contributed by atoms with E-state index in [1.54, 1.807) is 0 Å². The minimum absolute atomic E-state index is 0.0741. The van der Waals surface area contributed by atoms with Gasteiger partial charge >= 0.3 is 0 Å². The molecule has 0 bridgehead atoms. The fourth-order valence-electron chi connectivity index (χ4n) is 1.75. The van der Waals surface area contributed by atoms with Gasteiger partial charge in [0.1, 0.15) is 0 Å². The lowest BCUT2D eigenvalue weighted by molar-refractivity contribution is 0.454. The van der Waals surface area contributed by atoms with Crippen LogP contribution in [0.5, 0.6) is 0 Å². The van der Waals surface area contributed by atoms with E-state index >= 15 is 0 Å². The SMILES string of the molecule is CS(=O)(=O)N[C@H]1CCC[C@H]1CN. The Balaban J connectivity index is 2.52. The quantitative estimate of drug-likeness (QED) is 0.642. The number of nitrogens with two attached hydrogens (primary N) is 1. The van der Waals surface area contributed by atoms with Crippen LogP contribution in [0.15, 0.2) is 0 Å². The molecule has 0 spiro atoms. The van der Waals surface area contributed by atoms with Gasteiger partial charge in [0.15, 0.2) is 0 Å². The highest BCUT2D eigenvalue weighted by atomic mass is 32.2. The van der Waals surface area contributed by atoms with Crippen molar-refractivity contribution in [3.63, 3.8) is 0 Å². The maximum Gasteiger partial charge on any atom is 0.208 e. The molecular weight excluding hydrogens is 176 g/mol. The van der Waals surface area contributed by atoms with Crippen LogP contribution in [0.3, 0.4) is 0 Å². The highest BCUT2D eigenvalue weighted by molar-refractivity contribution is 7.88. The number of rotatable bonds is 3. The molecule has 0 aromatic rings. The van der Waals surface area contributed by atoms with Crippen LogP contribution in [0.2, 0.25) is 0 Å². The summed E-state index contributed by atoms with van der Waals surface area (Å²) in [5.74, 6) is 0.333. The van der Waals surface area contributed by atoms with Gasteiger partial charge in [-0.2, -0.15) is 0 Å². The third kappa shape index (κ3) is 2.73. The zero-order valence-corrected chi connectivity index (χ0v) is 8.10. The maximum atomic E-state index is 10.9. The monoisotopic (exact) mass is 192 g/mol. The summed E-state index contributed by atoms with van der Waals surface area (Å²) in [5.41, 5.74) is 5.51. The Kier molecular flexibility index (Phi) is 3.09. The Morgan fingerprint density at radius 1 is 1.50 bits per heavy atom. The van der Waals surface area contributed by atoms with Crippen molar-refractivity contribution in [2.24, 2.45) is 11.7 Å². The second-order valence-electron chi connectivity index (χ2n) is 3.42. The molecule has 12 heavy (non-hydrogen) atoms. The number of sulfonamides is 1. The van der Waals surface area contributed by atoms with Crippen LogP contribution in [-0.2, 0) is 10.0 Å². The number of nitrogens with one attached hydrogen (secondary N) is 1. The van der Waals surface area contributed by atoms with Gasteiger partial charge in [-0.3, -0.25) is 0 Å². The second-order valence-corrected chi connectivity index (χ2v) is 5.20. The average molecular weight is 192 g/mol. The van der Waals surface area contributed by atoms with Gasteiger partial charge in [0.2, 0.25) is 10.0 Å². The minimum Gasteiger partial charge on any atom is -0.330 e. The lowest BCUT2D eigenvalue weighted by Crippen LogP contribution is -2.39. The highest BCUT2D eigenvalue weighted by Gasteiger charge is 2.27. The topological polar surface area (TPSA) is 72.2 Å². The van der Waals surface area contributed by atoms with Crippen molar-refractivity contribution in [1.29, 1.82) is 0 Å². The van der Waals surface area contributed by atoms with Crippen molar-refractivity contribution in [2.75, 3.05) is 12.8 Å². The molecule has 0 heterocycles. The maximum absolute atomic E-state index is 10.9. The van der Waals surface area contributed by atoms with Crippen LogP contribution >= 0.6 is 0 Å². The summed E-state index contributed by atoms with van der Waals surface area (Å²) >= 11 is 0. The molecule has 4 nitrogen and oxygen atoms in total. The Labute approximate surface area is 73.6 Å². The van der Waals surface area contributed by atoms with Crippen molar-refractivity contribution in [1.82, 2.24) is 4.72 Å². The van der Waals surface area contributed by atoms with Crippen molar-refractivity contribution in [2.45, 2.75) is 25.3 Å². The summed E-state index contributed by atoms with van der Waals surface area (Å²) in [5, 5.41) is 0. The van der Waals surface area contributed by atoms with Crippen LogP contribution in [0.25, 0.3) is 0 Å². The third-order valence-corrected chi connectivity index (χ3v) is 3.06. The molecule has 1 aliphatic rings. The van der Waals surface area contributed by atoms with Gasteiger partial charge in [0.05, 0.1) is 6.26 Å². The summed E-state index contributed by atoms with van der Waals surface area (Å²) in [7, 11) is -3.06. The Bertz CT molecular complexity index is 238. The zero-order valence-electron chi connectivity index (χ0n) is 7.29. The van der Waals surface area contributed by atoms with Gasteiger partial charge in [-0.15, -0.1) is 0 Å². The van der Waals surface area contributed by atoms with Crippen molar-refractivity contribution in [3.05, 3.63) is 0 Å². The summed E-state index contributed by atoms with van der Waals surface area (Å²) in [6, 6.07) is 0.0741.